The standard InChI is InChI=1S/C24H25ClN2O5/c1-14-12-26(13-15(2)32-14)22-21(16-5-10-19(30-3)20(11-16)31-4)23(28)27(24(22)29)18-8-6-17(25)7-9-18/h5-11,14-15H,12-13H2,1-4H3. The summed E-state index contributed by atoms with van der Waals surface area (Å²) in [6.45, 7) is 4.92. The first kappa shape index (κ1) is 22.2. The van der Waals surface area contributed by atoms with Crippen molar-refractivity contribution in [2.45, 2.75) is 26.1 Å². The van der Waals surface area contributed by atoms with Gasteiger partial charge in [-0.3, -0.25) is 9.59 Å². The minimum absolute atomic E-state index is 0.0783. The van der Waals surface area contributed by atoms with Crippen molar-refractivity contribution in [1.29, 1.82) is 0 Å². The van der Waals surface area contributed by atoms with Gasteiger partial charge in [0, 0.05) is 18.1 Å². The number of imide groups is 1. The van der Waals surface area contributed by atoms with E-state index in [9.17, 15) is 9.59 Å². The molecule has 2 aromatic carbocycles. The molecule has 0 radical (unpaired) electrons. The Labute approximate surface area is 192 Å². The molecule has 2 unspecified atom stereocenters. The SMILES string of the molecule is COc1ccc(C2=C(N3CC(C)OC(C)C3)C(=O)N(c3ccc(Cl)cc3)C2=O)cc1OC. The van der Waals surface area contributed by atoms with E-state index >= 15 is 0 Å². The Hall–Kier alpha value is -3.03. The molecular formula is C24H25ClN2O5. The summed E-state index contributed by atoms with van der Waals surface area (Å²) in [4.78, 5) is 30.4. The van der Waals surface area contributed by atoms with Crippen LogP contribution in [0.5, 0.6) is 11.5 Å². The highest BCUT2D eigenvalue weighted by Gasteiger charge is 2.44. The second kappa shape index (κ2) is 8.84. The van der Waals surface area contributed by atoms with Crippen LogP contribution in [0.25, 0.3) is 5.57 Å². The number of morpholine rings is 1. The lowest BCUT2D eigenvalue weighted by atomic mass is 10.0. The van der Waals surface area contributed by atoms with Crippen molar-refractivity contribution in [3.05, 3.63) is 58.7 Å². The average Bonchev–Trinajstić information content (AvgIpc) is 3.03. The van der Waals surface area contributed by atoms with Crippen LogP contribution in [-0.2, 0) is 14.3 Å². The monoisotopic (exact) mass is 456 g/mol. The Morgan fingerprint density at radius 2 is 1.53 bits per heavy atom. The number of hydrogen-bond acceptors (Lipinski definition) is 6. The van der Waals surface area contributed by atoms with Crippen LogP contribution in [0.1, 0.15) is 19.4 Å². The van der Waals surface area contributed by atoms with Gasteiger partial charge in [0.05, 0.1) is 37.7 Å². The Balaban J connectivity index is 1.86. The molecule has 0 saturated carbocycles. The van der Waals surface area contributed by atoms with Crippen LogP contribution in [-0.4, -0.2) is 56.2 Å². The molecule has 2 aromatic rings. The highest BCUT2D eigenvalue weighted by Crippen LogP contribution is 2.39. The normalized spacial score (nSPS) is 21.4. The van der Waals surface area contributed by atoms with Gasteiger partial charge < -0.3 is 19.1 Å². The summed E-state index contributed by atoms with van der Waals surface area (Å²) >= 11 is 6.01. The maximum atomic E-state index is 13.7. The number of nitrogens with zero attached hydrogens (tertiary/aromatic N) is 2. The fourth-order valence-electron chi connectivity index (χ4n) is 4.25. The van der Waals surface area contributed by atoms with Gasteiger partial charge in [-0.2, -0.15) is 0 Å². The van der Waals surface area contributed by atoms with Gasteiger partial charge in [-0.25, -0.2) is 4.90 Å². The van der Waals surface area contributed by atoms with Gasteiger partial charge in [0.1, 0.15) is 5.70 Å². The lowest BCUT2D eigenvalue weighted by Gasteiger charge is -2.37. The van der Waals surface area contributed by atoms with Crippen LogP contribution in [0.15, 0.2) is 48.2 Å². The Morgan fingerprint density at radius 3 is 2.12 bits per heavy atom. The molecule has 0 aromatic heterocycles. The molecule has 2 atom stereocenters. The molecule has 2 heterocycles. The van der Waals surface area contributed by atoms with Crippen LogP contribution >= 0.6 is 11.6 Å². The second-order valence-electron chi connectivity index (χ2n) is 7.88. The highest BCUT2D eigenvalue weighted by molar-refractivity contribution is 6.45. The molecule has 0 bridgehead atoms. The number of hydrogen-bond donors (Lipinski definition) is 0. The topological polar surface area (TPSA) is 68.3 Å². The minimum Gasteiger partial charge on any atom is -0.493 e. The molecule has 1 fully saturated rings. The summed E-state index contributed by atoms with van der Waals surface area (Å²) in [5.74, 6) is 0.249. The van der Waals surface area contributed by atoms with Crippen LogP contribution in [0.4, 0.5) is 5.69 Å². The molecule has 0 spiro atoms. The number of ether oxygens (including phenoxy) is 3. The molecule has 32 heavy (non-hydrogen) atoms. The number of amides is 2. The molecule has 168 valence electrons. The molecule has 4 rings (SSSR count). The van der Waals surface area contributed by atoms with Crippen molar-refractivity contribution in [2.24, 2.45) is 0 Å². The molecule has 0 aliphatic carbocycles. The largest absolute Gasteiger partial charge is 0.493 e. The Morgan fingerprint density at radius 1 is 0.906 bits per heavy atom. The number of anilines is 1. The molecule has 2 amide bonds. The van der Waals surface area contributed by atoms with E-state index in [0.29, 0.717) is 52.1 Å². The van der Waals surface area contributed by atoms with E-state index in [1.807, 2.05) is 18.7 Å². The average molecular weight is 457 g/mol. The van der Waals surface area contributed by atoms with E-state index in [4.69, 9.17) is 25.8 Å². The summed E-state index contributed by atoms with van der Waals surface area (Å²) in [5, 5.41) is 0.525. The summed E-state index contributed by atoms with van der Waals surface area (Å²) < 4.78 is 16.6. The molecule has 0 N–H and O–H groups in total. The van der Waals surface area contributed by atoms with Crippen LogP contribution < -0.4 is 14.4 Å². The number of rotatable bonds is 5. The summed E-state index contributed by atoms with van der Waals surface area (Å²) in [7, 11) is 3.08. The van der Waals surface area contributed by atoms with E-state index in [1.165, 1.54) is 12.0 Å². The number of halogens is 1. The summed E-state index contributed by atoms with van der Waals surface area (Å²) in [5.41, 5.74) is 1.73. The summed E-state index contributed by atoms with van der Waals surface area (Å²) in [6, 6.07) is 11.9. The Bertz CT molecular complexity index is 1070. The predicted molar refractivity (Wildman–Crippen MR) is 122 cm³/mol. The smallest absolute Gasteiger partial charge is 0.282 e. The van der Waals surface area contributed by atoms with Crippen molar-refractivity contribution in [3.8, 4) is 11.5 Å². The third kappa shape index (κ3) is 3.94. The van der Waals surface area contributed by atoms with Crippen LogP contribution in [0.2, 0.25) is 5.02 Å². The maximum absolute atomic E-state index is 13.7. The lowest BCUT2D eigenvalue weighted by Crippen LogP contribution is -2.47. The van der Waals surface area contributed by atoms with Gasteiger partial charge in [-0.1, -0.05) is 17.7 Å². The van der Waals surface area contributed by atoms with E-state index in [1.54, 1.807) is 49.6 Å². The molecular weight excluding hydrogens is 432 g/mol. The molecule has 2 aliphatic rings. The number of carbonyl (C=O) groups is 2. The highest BCUT2D eigenvalue weighted by atomic mass is 35.5. The Kier molecular flexibility index (Phi) is 6.13. The first-order valence-electron chi connectivity index (χ1n) is 10.4. The van der Waals surface area contributed by atoms with E-state index < -0.39 is 5.91 Å². The quantitative estimate of drug-likeness (QED) is 0.638. The van der Waals surface area contributed by atoms with Crippen molar-refractivity contribution in [1.82, 2.24) is 4.90 Å². The number of methoxy groups -OCH3 is 2. The molecule has 1 saturated heterocycles. The first-order valence-corrected chi connectivity index (χ1v) is 10.7. The molecule has 8 heteroatoms. The van der Waals surface area contributed by atoms with E-state index in [2.05, 4.69) is 0 Å². The fourth-order valence-corrected chi connectivity index (χ4v) is 4.37. The second-order valence-corrected chi connectivity index (χ2v) is 8.31. The summed E-state index contributed by atoms with van der Waals surface area (Å²) in [6.07, 6.45) is -0.157. The fraction of sp³-hybridized carbons (Fsp3) is 0.333. The van der Waals surface area contributed by atoms with Gasteiger partial charge in [-0.15, -0.1) is 0 Å². The van der Waals surface area contributed by atoms with Gasteiger partial charge >= 0.3 is 0 Å². The van der Waals surface area contributed by atoms with Crippen LogP contribution in [0, 0.1) is 0 Å². The van der Waals surface area contributed by atoms with Gasteiger partial charge in [0.25, 0.3) is 11.8 Å². The van der Waals surface area contributed by atoms with Gasteiger partial charge in [-0.05, 0) is 55.8 Å². The van der Waals surface area contributed by atoms with Crippen molar-refractivity contribution in [3.63, 3.8) is 0 Å². The van der Waals surface area contributed by atoms with Gasteiger partial charge in [0.15, 0.2) is 11.5 Å². The number of carbonyl (C=O) groups excluding carboxylic acids is 2. The van der Waals surface area contributed by atoms with Crippen molar-refractivity contribution in [2.75, 3.05) is 32.2 Å². The lowest BCUT2D eigenvalue weighted by molar-refractivity contribution is -0.121. The zero-order chi connectivity index (χ0) is 23.0. The number of benzene rings is 2. The maximum Gasteiger partial charge on any atom is 0.282 e. The predicted octanol–water partition coefficient (Wildman–Crippen LogP) is 3.75. The van der Waals surface area contributed by atoms with E-state index in [-0.39, 0.29) is 18.1 Å². The van der Waals surface area contributed by atoms with Crippen molar-refractivity contribution < 1.29 is 23.8 Å². The van der Waals surface area contributed by atoms with Crippen LogP contribution in [0.3, 0.4) is 0 Å². The first-order chi connectivity index (χ1) is 15.3. The van der Waals surface area contributed by atoms with E-state index in [0.717, 1.165) is 0 Å². The van der Waals surface area contributed by atoms with Gasteiger partial charge in [0.2, 0.25) is 0 Å². The van der Waals surface area contributed by atoms with Crippen molar-refractivity contribution >= 4 is 34.7 Å². The third-order valence-corrected chi connectivity index (χ3v) is 5.80. The zero-order valence-corrected chi connectivity index (χ0v) is 19.2. The minimum atomic E-state index is -0.397. The zero-order valence-electron chi connectivity index (χ0n) is 18.4. The third-order valence-electron chi connectivity index (χ3n) is 5.55. The molecule has 2 aliphatic heterocycles. The molecule has 7 nitrogen and oxygen atoms in total.